The average molecular weight is 421 g/mol. The van der Waals surface area contributed by atoms with Gasteiger partial charge in [0.2, 0.25) is 0 Å². The summed E-state index contributed by atoms with van der Waals surface area (Å²) < 4.78 is 4.62. The van der Waals surface area contributed by atoms with Gasteiger partial charge >= 0.3 is 5.69 Å². The molecule has 0 amide bonds. The molecule has 8 heteroatoms. The summed E-state index contributed by atoms with van der Waals surface area (Å²) in [5, 5.41) is 0.804. The second-order valence-corrected chi connectivity index (χ2v) is 8.16. The largest absolute Gasteiger partial charge is 0.337 e. The summed E-state index contributed by atoms with van der Waals surface area (Å²) in [4.78, 5) is 30.9. The second-order valence-electron chi connectivity index (χ2n) is 7.31. The van der Waals surface area contributed by atoms with E-state index in [1.807, 2.05) is 6.92 Å². The van der Waals surface area contributed by atoms with Crippen LogP contribution < -0.4 is 11.2 Å². The number of aromatic nitrogens is 4. The van der Waals surface area contributed by atoms with E-state index in [0.29, 0.717) is 39.2 Å². The van der Waals surface area contributed by atoms with E-state index in [0.717, 1.165) is 29.7 Å². The van der Waals surface area contributed by atoms with Crippen LogP contribution in [0.25, 0.3) is 16.9 Å². The first-order chi connectivity index (χ1) is 13.4. The molecular weight excluding hydrogens is 399 g/mol. The van der Waals surface area contributed by atoms with Gasteiger partial charge in [-0.25, -0.2) is 14.3 Å². The van der Waals surface area contributed by atoms with Gasteiger partial charge in [0.05, 0.1) is 10.7 Å². The average Bonchev–Trinajstić information content (AvgIpc) is 3.43. The SMILES string of the molecule is CCc1nc2c(c(=O)n(C)c(=O)n2-c2ccc(Cl)cc2Cl)n1C(CC)C1CC1. The summed E-state index contributed by atoms with van der Waals surface area (Å²) in [5.41, 5.74) is 0.474. The molecule has 2 aromatic heterocycles. The topological polar surface area (TPSA) is 61.8 Å². The number of rotatable bonds is 5. The van der Waals surface area contributed by atoms with E-state index >= 15 is 0 Å². The standard InChI is InChI=1S/C20H22Cl2N4O2/c1-4-14(11-6-7-11)25-16(5-2)23-18-17(25)19(27)24(3)20(28)26(18)15-9-8-12(21)10-13(15)22/h8-11,14H,4-7H2,1-3H3. The van der Waals surface area contributed by atoms with Crippen molar-refractivity contribution in [2.24, 2.45) is 13.0 Å². The minimum atomic E-state index is -0.478. The number of benzene rings is 1. The normalized spacial score (nSPS) is 15.3. The lowest BCUT2D eigenvalue weighted by atomic mass is 10.1. The highest BCUT2D eigenvalue weighted by atomic mass is 35.5. The fourth-order valence-corrected chi connectivity index (χ4v) is 4.49. The Morgan fingerprint density at radius 2 is 1.93 bits per heavy atom. The van der Waals surface area contributed by atoms with Gasteiger partial charge in [-0.3, -0.25) is 9.36 Å². The van der Waals surface area contributed by atoms with E-state index in [-0.39, 0.29) is 11.6 Å². The molecule has 1 saturated carbocycles. The van der Waals surface area contributed by atoms with Crippen LogP contribution in [0.5, 0.6) is 0 Å². The van der Waals surface area contributed by atoms with Crippen molar-refractivity contribution in [2.75, 3.05) is 0 Å². The molecule has 1 aliphatic rings. The molecule has 0 spiro atoms. The highest BCUT2D eigenvalue weighted by molar-refractivity contribution is 6.35. The Morgan fingerprint density at radius 1 is 1.21 bits per heavy atom. The van der Waals surface area contributed by atoms with Gasteiger partial charge < -0.3 is 4.57 Å². The molecule has 1 unspecified atom stereocenters. The van der Waals surface area contributed by atoms with Gasteiger partial charge in [-0.15, -0.1) is 0 Å². The molecule has 0 bridgehead atoms. The van der Waals surface area contributed by atoms with Gasteiger partial charge in [-0.1, -0.05) is 37.0 Å². The van der Waals surface area contributed by atoms with Gasteiger partial charge in [0.1, 0.15) is 5.82 Å². The van der Waals surface area contributed by atoms with Crippen LogP contribution in [-0.2, 0) is 13.5 Å². The van der Waals surface area contributed by atoms with Crippen LogP contribution in [0.1, 0.15) is 45.0 Å². The summed E-state index contributed by atoms with van der Waals surface area (Å²) in [6, 6.07) is 5.14. The maximum atomic E-state index is 13.1. The van der Waals surface area contributed by atoms with Crippen molar-refractivity contribution >= 4 is 34.4 Å². The molecule has 0 aliphatic heterocycles. The van der Waals surface area contributed by atoms with Crippen molar-refractivity contribution in [1.82, 2.24) is 18.7 Å². The molecule has 6 nitrogen and oxygen atoms in total. The molecule has 1 atom stereocenters. The Labute approximate surface area is 172 Å². The predicted molar refractivity (Wildman–Crippen MR) is 112 cm³/mol. The first-order valence-electron chi connectivity index (χ1n) is 9.57. The smallest absolute Gasteiger partial charge is 0.319 e. The maximum Gasteiger partial charge on any atom is 0.337 e. The fraction of sp³-hybridized carbons (Fsp3) is 0.450. The quantitative estimate of drug-likeness (QED) is 0.623. The molecule has 1 aromatic carbocycles. The van der Waals surface area contributed by atoms with E-state index in [4.69, 9.17) is 28.2 Å². The van der Waals surface area contributed by atoms with Crippen molar-refractivity contribution in [3.05, 3.63) is 54.9 Å². The van der Waals surface area contributed by atoms with Crippen LogP contribution >= 0.6 is 23.2 Å². The summed E-state index contributed by atoms with van der Waals surface area (Å²) in [5.74, 6) is 1.37. The zero-order valence-electron chi connectivity index (χ0n) is 16.1. The van der Waals surface area contributed by atoms with Gasteiger partial charge in [-0.2, -0.15) is 0 Å². The Kier molecular flexibility index (Phi) is 4.88. The van der Waals surface area contributed by atoms with Gasteiger partial charge in [-0.05, 0) is 43.4 Å². The number of fused-ring (bicyclic) bond motifs is 1. The second kappa shape index (κ2) is 7.08. The van der Waals surface area contributed by atoms with Crippen LogP contribution in [0.4, 0.5) is 0 Å². The molecule has 1 aliphatic carbocycles. The Morgan fingerprint density at radius 3 is 2.50 bits per heavy atom. The van der Waals surface area contributed by atoms with E-state index in [1.54, 1.807) is 18.2 Å². The van der Waals surface area contributed by atoms with Crippen LogP contribution in [0.2, 0.25) is 10.0 Å². The van der Waals surface area contributed by atoms with E-state index in [1.165, 1.54) is 11.6 Å². The third-order valence-corrected chi connectivity index (χ3v) is 6.08. The summed E-state index contributed by atoms with van der Waals surface area (Å²) in [7, 11) is 1.49. The molecular formula is C20H22Cl2N4O2. The van der Waals surface area contributed by atoms with E-state index in [9.17, 15) is 9.59 Å². The Balaban J connectivity index is 2.14. The van der Waals surface area contributed by atoms with Crippen molar-refractivity contribution in [3.8, 4) is 5.69 Å². The fourth-order valence-electron chi connectivity index (χ4n) is 4.00. The third kappa shape index (κ3) is 2.90. The third-order valence-electron chi connectivity index (χ3n) is 5.55. The molecule has 3 aromatic rings. The molecule has 0 N–H and O–H groups in total. The van der Waals surface area contributed by atoms with Crippen molar-refractivity contribution in [1.29, 1.82) is 0 Å². The Bertz CT molecular complexity index is 1190. The summed E-state index contributed by atoms with van der Waals surface area (Å²) in [6.45, 7) is 4.14. The number of halogens is 2. The van der Waals surface area contributed by atoms with E-state index < -0.39 is 5.69 Å². The summed E-state index contributed by atoms with van der Waals surface area (Å²) >= 11 is 12.4. The lowest BCUT2D eigenvalue weighted by molar-refractivity contribution is 0.428. The lowest BCUT2D eigenvalue weighted by Crippen LogP contribution is -2.38. The van der Waals surface area contributed by atoms with E-state index in [2.05, 4.69) is 11.5 Å². The molecule has 0 saturated heterocycles. The Hall–Kier alpha value is -2.05. The minimum absolute atomic E-state index is 0.208. The van der Waals surface area contributed by atoms with Crippen LogP contribution in [0, 0.1) is 5.92 Å². The molecule has 1 fully saturated rings. The molecule has 148 valence electrons. The minimum Gasteiger partial charge on any atom is -0.319 e. The monoisotopic (exact) mass is 420 g/mol. The lowest BCUT2D eigenvalue weighted by Gasteiger charge is -2.19. The van der Waals surface area contributed by atoms with Crippen molar-refractivity contribution in [2.45, 2.75) is 45.6 Å². The van der Waals surface area contributed by atoms with Crippen molar-refractivity contribution in [3.63, 3.8) is 0 Å². The first-order valence-corrected chi connectivity index (χ1v) is 10.3. The molecule has 4 rings (SSSR count). The molecule has 28 heavy (non-hydrogen) atoms. The molecule has 0 radical (unpaired) electrons. The number of hydrogen-bond acceptors (Lipinski definition) is 3. The van der Waals surface area contributed by atoms with Crippen LogP contribution in [0.3, 0.4) is 0 Å². The highest BCUT2D eigenvalue weighted by Crippen LogP contribution is 2.43. The summed E-state index contributed by atoms with van der Waals surface area (Å²) in [6.07, 6.45) is 3.89. The zero-order valence-corrected chi connectivity index (χ0v) is 17.6. The number of nitrogens with zero attached hydrogens (tertiary/aromatic N) is 4. The van der Waals surface area contributed by atoms with Gasteiger partial charge in [0.15, 0.2) is 11.2 Å². The van der Waals surface area contributed by atoms with Crippen LogP contribution in [-0.4, -0.2) is 18.7 Å². The van der Waals surface area contributed by atoms with Gasteiger partial charge in [0.25, 0.3) is 5.56 Å². The highest BCUT2D eigenvalue weighted by Gasteiger charge is 2.35. The first kappa shape index (κ1) is 19.3. The van der Waals surface area contributed by atoms with Crippen LogP contribution in [0.15, 0.2) is 27.8 Å². The number of imidazole rings is 1. The zero-order chi connectivity index (χ0) is 20.2. The van der Waals surface area contributed by atoms with Gasteiger partial charge in [0, 0.05) is 24.5 Å². The molecule has 2 heterocycles. The predicted octanol–water partition coefficient (Wildman–Crippen LogP) is 4.12. The van der Waals surface area contributed by atoms with Crippen molar-refractivity contribution < 1.29 is 0 Å². The number of aryl methyl sites for hydroxylation is 1. The number of hydrogen-bond donors (Lipinski definition) is 0. The maximum absolute atomic E-state index is 13.1.